The van der Waals surface area contributed by atoms with Crippen LogP contribution in [0.15, 0.2) is 42.6 Å². The van der Waals surface area contributed by atoms with Gasteiger partial charge < -0.3 is 0 Å². The minimum Gasteiger partial charge on any atom is -0.294 e. The summed E-state index contributed by atoms with van der Waals surface area (Å²) in [6.45, 7) is 1.30. The molecule has 0 bridgehead atoms. The van der Waals surface area contributed by atoms with Crippen LogP contribution in [0.25, 0.3) is 0 Å². The summed E-state index contributed by atoms with van der Waals surface area (Å²) in [5.74, 6) is 1.01. The van der Waals surface area contributed by atoms with Crippen molar-refractivity contribution in [2.24, 2.45) is 5.92 Å². The van der Waals surface area contributed by atoms with E-state index in [9.17, 15) is 4.79 Å². The number of hydrogen-bond acceptors (Lipinski definition) is 2. The van der Waals surface area contributed by atoms with E-state index in [0.29, 0.717) is 28.7 Å². The number of nitrogens with zero attached hydrogens (tertiary/aromatic N) is 1. The largest absolute Gasteiger partial charge is 0.294 e. The van der Waals surface area contributed by atoms with E-state index in [1.807, 2.05) is 29.0 Å². The molecule has 3 nitrogen and oxygen atoms in total. The number of ketones is 1. The van der Waals surface area contributed by atoms with Gasteiger partial charge in [-0.2, -0.15) is 0 Å². The molecule has 1 unspecified atom stereocenters. The van der Waals surface area contributed by atoms with Gasteiger partial charge in [-0.05, 0) is 24.3 Å². The molecule has 0 aliphatic carbocycles. The van der Waals surface area contributed by atoms with Crippen LogP contribution in [0.5, 0.6) is 0 Å². The normalized spacial score (nSPS) is 17.2. The van der Waals surface area contributed by atoms with Crippen molar-refractivity contribution in [2.45, 2.75) is 6.54 Å². The third kappa shape index (κ3) is 2.51. The molecule has 102 valence electrons. The van der Waals surface area contributed by atoms with Crippen LogP contribution in [-0.2, 0) is 6.54 Å². The second-order valence-corrected chi connectivity index (χ2v) is 5.62. The Kier molecular flexibility index (Phi) is 3.64. The summed E-state index contributed by atoms with van der Waals surface area (Å²) >= 11 is 11.9. The third-order valence-electron chi connectivity index (χ3n) is 3.46. The zero-order chi connectivity index (χ0) is 14.1. The fourth-order valence-corrected chi connectivity index (χ4v) is 2.68. The van der Waals surface area contributed by atoms with Crippen LogP contribution >= 0.6 is 23.2 Å². The smallest absolute Gasteiger partial charge is 0.274 e. The fraction of sp³-hybridized carbons (Fsp3) is 0.200. The lowest BCUT2D eigenvalue weighted by Gasteiger charge is -2.20. The molecule has 5 heteroatoms. The minimum atomic E-state index is -0.104. The van der Waals surface area contributed by atoms with E-state index in [4.69, 9.17) is 23.2 Å². The predicted octanol–water partition coefficient (Wildman–Crippen LogP) is 3.21. The van der Waals surface area contributed by atoms with Gasteiger partial charge in [-0.1, -0.05) is 29.3 Å². The number of rotatable bonds is 2. The van der Waals surface area contributed by atoms with Crippen LogP contribution in [0.3, 0.4) is 0 Å². The van der Waals surface area contributed by atoms with Gasteiger partial charge in [0.2, 0.25) is 0 Å². The molecular formula is C15H13Cl2N2O+. The molecule has 20 heavy (non-hydrogen) atoms. The number of halogens is 2. The molecule has 0 radical (unpaired) electrons. The molecule has 1 atom stereocenters. The molecule has 2 aromatic rings. The first-order valence-corrected chi connectivity index (χ1v) is 7.12. The molecule has 0 spiro atoms. The van der Waals surface area contributed by atoms with Gasteiger partial charge in [-0.25, -0.2) is 4.57 Å². The number of nitrogens with one attached hydrogen (secondary N) is 1. The van der Waals surface area contributed by atoms with E-state index in [-0.39, 0.29) is 11.7 Å². The first kappa shape index (κ1) is 13.4. The van der Waals surface area contributed by atoms with E-state index in [2.05, 4.69) is 5.32 Å². The van der Waals surface area contributed by atoms with Crippen LogP contribution in [0.2, 0.25) is 10.0 Å². The van der Waals surface area contributed by atoms with Gasteiger partial charge in [0.15, 0.2) is 5.78 Å². The Labute approximate surface area is 127 Å². The first-order chi connectivity index (χ1) is 9.65. The molecule has 1 aromatic carbocycles. The maximum absolute atomic E-state index is 12.5. The molecule has 1 aromatic heterocycles. The molecule has 0 fully saturated rings. The van der Waals surface area contributed by atoms with Crippen molar-refractivity contribution in [2.75, 3.05) is 11.9 Å². The maximum atomic E-state index is 12.5. The molecule has 0 saturated carbocycles. The van der Waals surface area contributed by atoms with Crippen molar-refractivity contribution < 1.29 is 9.36 Å². The second kappa shape index (κ2) is 5.43. The van der Waals surface area contributed by atoms with E-state index in [1.54, 1.807) is 18.2 Å². The molecule has 1 N–H and O–H groups in total. The van der Waals surface area contributed by atoms with Crippen molar-refractivity contribution in [3.63, 3.8) is 0 Å². The predicted molar refractivity (Wildman–Crippen MR) is 79.4 cm³/mol. The van der Waals surface area contributed by atoms with Crippen LogP contribution in [0.1, 0.15) is 10.4 Å². The SMILES string of the molecule is O=C(c1ccc(Cl)c(Cl)c1)C1CNc2cccc[n+]2C1. The third-order valence-corrected chi connectivity index (χ3v) is 4.20. The number of hydrogen-bond donors (Lipinski definition) is 1. The van der Waals surface area contributed by atoms with E-state index in [0.717, 1.165) is 5.82 Å². The maximum Gasteiger partial charge on any atom is 0.274 e. The molecule has 1 aliphatic rings. The average Bonchev–Trinajstić information content (AvgIpc) is 2.49. The number of pyridine rings is 1. The van der Waals surface area contributed by atoms with E-state index < -0.39 is 0 Å². The standard InChI is InChI=1S/C15H12Cl2N2O/c16-12-5-4-10(7-13(12)17)15(20)11-8-18-14-3-1-2-6-19(14)9-11/h1-7,11H,8-9H2/p+1. The highest BCUT2D eigenvalue weighted by atomic mass is 35.5. The van der Waals surface area contributed by atoms with Gasteiger partial charge in [0.25, 0.3) is 5.82 Å². The van der Waals surface area contributed by atoms with Gasteiger partial charge in [-0.3, -0.25) is 10.1 Å². The highest BCUT2D eigenvalue weighted by molar-refractivity contribution is 6.42. The van der Waals surface area contributed by atoms with Crippen molar-refractivity contribution >= 4 is 34.8 Å². The van der Waals surface area contributed by atoms with Crippen molar-refractivity contribution in [3.05, 3.63) is 58.2 Å². The van der Waals surface area contributed by atoms with Gasteiger partial charge in [0.1, 0.15) is 6.54 Å². The summed E-state index contributed by atoms with van der Waals surface area (Å²) in [6.07, 6.45) is 1.97. The van der Waals surface area contributed by atoms with Crippen LogP contribution in [-0.4, -0.2) is 12.3 Å². The summed E-state index contributed by atoms with van der Waals surface area (Å²) in [5.41, 5.74) is 0.603. The minimum absolute atomic E-state index is 0.0815. The highest BCUT2D eigenvalue weighted by Crippen LogP contribution is 2.24. The quantitative estimate of drug-likeness (QED) is 0.682. The number of carbonyl (C=O) groups excluding carboxylic acids is 1. The zero-order valence-electron chi connectivity index (χ0n) is 10.6. The van der Waals surface area contributed by atoms with Crippen molar-refractivity contribution in [1.82, 2.24) is 0 Å². The molecule has 0 amide bonds. The molecule has 1 aliphatic heterocycles. The Balaban J connectivity index is 1.84. The summed E-state index contributed by atoms with van der Waals surface area (Å²) in [5, 5.41) is 4.15. The number of anilines is 1. The highest BCUT2D eigenvalue weighted by Gasteiger charge is 2.29. The number of fused-ring (bicyclic) bond motifs is 1. The lowest BCUT2D eigenvalue weighted by molar-refractivity contribution is -0.690. The van der Waals surface area contributed by atoms with Crippen LogP contribution in [0.4, 0.5) is 5.82 Å². The van der Waals surface area contributed by atoms with E-state index in [1.165, 1.54) is 0 Å². The van der Waals surface area contributed by atoms with Gasteiger partial charge >= 0.3 is 0 Å². The fourth-order valence-electron chi connectivity index (χ4n) is 2.39. The summed E-state index contributed by atoms with van der Waals surface area (Å²) in [7, 11) is 0. The lowest BCUT2D eigenvalue weighted by atomic mass is 9.96. The molecule has 0 saturated heterocycles. The van der Waals surface area contributed by atoms with E-state index >= 15 is 0 Å². The number of carbonyl (C=O) groups is 1. The Morgan fingerprint density at radius 1 is 1.20 bits per heavy atom. The number of aromatic nitrogens is 1. The zero-order valence-corrected chi connectivity index (χ0v) is 12.2. The van der Waals surface area contributed by atoms with Crippen molar-refractivity contribution in [3.8, 4) is 0 Å². The molecular weight excluding hydrogens is 295 g/mol. The van der Waals surface area contributed by atoms with Crippen LogP contribution in [0, 0.1) is 5.92 Å². The Morgan fingerprint density at radius 2 is 2.05 bits per heavy atom. The average molecular weight is 308 g/mol. The molecule has 2 heterocycles. The lowest BCUT2D eigenvalue weighted by Crippen LogP contribution is -2.49. The summed E-state index contributed by atoms with van der Waals surface area (Å²) in [6, 6.07) is 10.9. The monoisotopic (exact) mass is 307 g/mol. The molecule has 3 rings (SSSR count). The summed E-state index contributed by atoms with van der Waals surface area (Å²) in [4.78, 5) is 12.5. The number of Topliss-reactive ketones (excluding diaryl/α,β-unsaturated/α-hetero) is 1. The van der Waals surface area contributed by atoms with Gasteiger partial charge in [0.05, 0.1) is 28.7 Å². The Morgan fingerprint density at radius 3 is 2.85 bits per heavy atom. The van der Waals surface area contributed by atoms with Gasteiger partial charge in [0, 0.05) is 11.6 Å². The summed E-state index contributed by atoms with van der Waals surface area (Å²) < 4.78 is 2.05. The van der Waals surface area contributed by atoms with Crippen molar-refractivity contribution in [1.29, 1.82) is 0 Å². The van der Waals surface area contributed by atoms with Gasteiger partial charge in [-0.15, -0.1) is 0 Å². The first-order valence-electron chi connectivity index (χ1n) is 6.37. The Hall–Kier alpha value is -1.58. The number of benzene rings is 1. The van der Waals surface area contributed by atoms with Crippen LogP contribution < -0.4 is 9.88 Å². The topological polar surface area (TPSA) is 33.0 Å². The Bertz CT molecular complexity index is 673. The second-order valence-electron chi connectivity index (χ2n) is 4.81.